The quantitative estimate of drug-likeness (QED) is 0.619. The van der Waals surface area contributed by atoms with E-state index in [1.807, 2.05) is 12.1 Å². The number of benzene rings is 1. The molecule has 2 heterocycles. The fourth-order valence-electron chi connectivity index (χ4n) is 2.62. The van der Waals surface area contributed by atoms with E-state index in [4.69, 9.17) is 0 Å². The Kier molecular flexibility index (Phi) is 6.47. The van der Waals surface area contributed by atoms with E-state index in [0.29, 0.717) is 29.4 Å². The number of esters is 1. The van der Waals surface area contributed by atoms with Crippen molar-refractivity contribution in [1.82, 2.24) is 19.9 Å². The van der Waals surface area contributed by atoms with Gasteiger partial charge >= 0.3 is 5.97 Å². The molecule has 148 valence electrons. The van der Waals surface area contributed by atoms with Crippen LogP contribution in [0.25, 0.3) is 0 Å². The van der Waals surface area contributed by atoms with E-state index in [2.05, 4.69) is 25.0 Å². The number of hydrogen-bond donors (Lipinski definition) is 1. The molecule has 0 fully saturated rings. The monoisotopic (exact) mass is 391 g/mol. The zero-order valence-electron chi connectivity index (χ0n) is 16.2. The predicted octanol–water partition coefficient (Wildman–Crippen LogP) is 2.72. The second-order valence-corrected chi connectivity index (χ2v) is 6.29. The first-order valence-electron chi connectivity index (χ1n) is 8.99. The Balaban J connectivity index is 1.63. The van der Waals surface area contributed by atoms with E-state index >= 15 is 0 Å². The number of rotatable bonds is 7. The second-order valence-electron chi connectivity index (χ2n) is 6.29. The van der Waals surface area contributed by atoms with E-state index in [-0.39, 0.29) is 5.91 Å². The van der Waals surface area contributed by atoms with Gasteiger partial charge in [0.15, 0.2) is 0 Å². The Morgan fingerprint density at radius 1 is 1.03 bits per heavy atom. The van der Waals surface area contributed by atoms with Crippen LogP contribution in [0.5, 0.6) is 0 Å². The minimum absolute atomic E-state index is 0.189. The molecule has 0 atom stereocenters. The first-order chi connectivity index (χ1) is 14.1. The van der Waals surface area contributed by atoms with Crippen LogP contribution in [0.4, 0.5) is 11.6 Å². The molecule has 0 unspecified atom stereocenters. The minimum Gasteiger partial charge on any atom is -0.465 e. The van der Waals surface area contributed by atoms with Crippen LogP contribution in [0.2, 0.25) is 0 Å². The summed E-state index contributed by atoms with van der Waals surface area (Å²) in [6, 6.07) is 12.1. The van der Waals surface area contributed by atoms with E-state index in [1.165, 1.54) is 13.3 Å². The zero-order chi connectivity index (χ0) is 20.6. The van der Waals surface area contributed by atoms with Crippen LogP contribution in [0.15, 0.2) is 61.1 Å². The lowest BCUT2D eigenvalue weighted by Gasteiger charge is -2.17. The summed E-state index contributed by atoms with van der Waals surface area (Å²) in [5, 5.41) is 3.03. The van der Waals surface area contributed by atoms with E-state index in [9.17, 15) is 9.59 Å². The number of nitrogens with one attached hydrogen (secondary N) is 1. The van der Waals surface area contributed by atoms with Gasteiger partial charge in [-0.25, -0.2) is 14.8 Å². The molecule has 29 heavy (non-hydrogen) atoms. The van der Waals surface area contributed by atoms with E-state index in [1.54, 1.807) is 54.7 Å². The number of methoxy groups -OCH3 is 1. The van der Waals surface area contributed by atoms with Crippen molar-refractivity contribution in [1.29, 1.82) is 0 Å². The highest BCUT2D eigenvalue weighted by atomic mass is 16.5. The normalized spacial score (nSPS) is 10.3. The van der Waals surface area contributed by atoms with Gasteiger partial charge in [-0.2, -0.15) is 0 Å². The maximum atomic E-state index is 12.7. The molecule has 0 aliphatic rings. The maximum Gasteiger partial charge on any atom is 0.337 e. The molecule has 8 nitrogen and oxygen atoms in total. The number of anilines is 2. The van der Waals surface area contributed by atoms with Gasteiger partial charge in [-0.1, -0.05) is 0 Å². The Morgan fingerprint density at radius 3 is 2.45 bits per heavy atom. The van der Waals surface area contributed by atoms with Crippen molar-refractivity contribution in [2.45, 2.75) is 6.42 Å². The first kappa shape index (κ1) is 19.9. The number of likely N-dealkylation sites (N-methyl/N-ethyl adjacent to an activating group) is 1. The van der Waals surface area contributed by atoms with Crippen LogP contribution < -0.4 is 5.32 Å². The molecule has 1 amide bonds. The zero-order valence-corrected chi connectivity index (χ0v) is 16.2. The summed E-state index contributed by atoms with van der Waals surface area (Å²) >= 11 is 0. The molecule has 1 N–H and O–H groups in total. The third-order valence-electron chi connectivity index (χ3n) is 4.27. The molecular formula is C21H21N5O3. The van der Waals surface area contributed by atoms with Gasteiger partial charge in [0.25, 0.3) is 5.91 Å². The van der Waals surface area contributed by atoms with Gasteiger partial charge in [0.1, 0.15) is 5.69 Å². The van der Waals surface area contributed by atoms with Crippen LogP contribution in [-0.2, 0) is 11.2 Å². The molecule has 0 aliphatic carbocycles. The summed E-state index contributed by atoms with van der Waals surface area (Å²) in [5.74, 6) is -0.301. The van der Waals surface area contributed by atoms with Gasteiger partial charge in [0.2, 0.25) is 5.95 Å². The van der Waals surface area contributed by atoms with Crippen LogP contribution in [0.3, 0.4) is 0 Å². The van der Waals surface area contributed by atoms with E-state index < -0.39 is 5.97 Å². The van der Waals surface area contributed by atoms with Crippen LogP contribution in [0.1, 0.15) is 26.4 Å². The van der Waals surface area contributed by atoms with Gasteiger partial charge in [-0.3, -0.25) is 9.78 Å². The molecule has 0 aliphatic heterocycles. The SMILES string of the molecule is COC(=O)c1ccc(Nc2nccc(C(=O)N(C)CCc3ccncc3)n2)cc1. The number of carbonyl (C=O) groups excluding carboxylic acids is 2. The predicted molar refractivity (Wildman–Crippen MR) is 108 cm³/mol. The number of hydrogen-bond acceptors (Lipinski definition) is 7. The standard InChI is InChI=1S/C21H21N5O3/c1-26(14-10-15-7-11-22-12-8-15)19(27)18-9-13-23-21(25-18)24-17-5-3-16(4-6-17)20(28)29-2/h3-9,11-13H,10,14H2,1-2H3,(H,23,24,25). The fourth-order valence-corrected chi connectivity index (χ4v) is 2.62. The highest BCUT2D eigenvalue weighted by Gasteiger charge is 2.14. The number of pyridine rings is 1. The van der Waals surface area contributed by atoms with Crippen LogP contribution >= 0.6 is 0 Å². The number of amides is 1. The lowest BCUT2D eigenvalue weighted by atomic mass is 10.2. The Hall–Kier alpha value is -3.81. The summed E-state index contributed by atoms with van der Waals surface area (Å²) in [4.78, 5) is 38.2. The van der Waals surface area contributed by atoms with Gasteiger partial charge in [0.05, 0.1) is 12.7 Å². The number of ether oxygens (including phenoxy) is 1. The summed E-state index contributed by atoms with van der Waals surface area (Å²) in [6.45, 7) is 0.560. The highest BCUT2D eigenvalue weighted by molar-refractivity contribution is 5.92. The fraction of sp³-hybridized carbons (Fsp3) is 0.190. The molecule has 1 aromatic carbocycles. The molecule has 0 spiro atoms. The van der Waals surface area contributed by atoms with Crippen LogP contribution in [0, 0.1) is 0 Å². The molecule has 0 radical (unpaired) electrons. The van der Waals surface area contributed by atoms with Crippen molar-refractivity contribution in [3.8, 4) is 0 Å². The number of aromatic nitrogens is 3. The van der Waals surface area contributed by atoms with Crippen LogP contribution in [-0.4, -0.2) is 52.4 Å². The van der Waals surface area contributed by atoms with Crippen molar-refractivity contribution < 1.29 is 14.3 Å². The highest BCUT2D eigenvalue weighted by Crippen LogP contribution is 2.15. The van der Waals surface area contributed by atoms with Crippen molar-refractivity contribution in [2.24, 2.45) is 0 Å². The molecule has 3 aromatic rings. The average molecular weight is 391 g/mol. The number of nitrogens with zero attached hydrogens (tertiary/aromatic N) is 4. The van der Waals surface area contributed by atoms with E-state index in [0.717, 1.165) is 12.0 Å². The third kappa shape index (κ3) is 5.35. The number of carbonyl (C=O) groups is 2. The molecule has 3 rings (SSSR count). The largest absolute Gasteiger partial charge is 0.465 e. The Labute approximate surface area is 168 Å². The first-order valence-corrected chi connectivity index (χ1v) is 8.99. The van der Waals surface area contributed by atoms with Gasteiger partial charge < -0.3 is 15.0 Å². The van der Waals surface area contributed by atoms with Crippen molar-refractivity contribution in [2.75, 3.05) is 26.0 Å². The summed E-state index contributed by atoms with van der Waals surface area (Å²) in [6.07, 6.45) is 5.73. The van der Waals surface area contributed by atoms with Gasteiger partial charge in [-0.15, -0.1) is 0 Å². The lowest BCUT2D eigenvalue weighted by Crippen LogP contribution is -2.29. The second kappa shape index (κ2) is 9.41. The summed E-state index contributed by atoms with van der Waals surface area (Å²) in [5.41, 5.74) is 2.54. The average Bonchev–Trinajstić information content (AvgIpc) is 2.77. The van der Waals surface area contributed by atoms with Gasteiger partial charge in [0, 0.05) is 37.9 Å². The summed E-state index contributed by atoms with van der Waals surface area (Å²) < 4.78 is 4.68. The Bertz CT molecular complexity index is 977. The topological polar surface area (TPSA) is 97.3 Å². The minimum atomic E-state index is -0.407. The molecule has 0 saturated heterocycles. The smallest absolute Gasteiger partial charge is 0.337 e. The van der Waals surface area contributed by atoms with Crippen molar-refractivity contribution in [3.05, 3.63) is 77.9 Å². The van der Waals surface area contributed by atoms with Crippen molar-refractivity contribution in [3.63, 3.8) is 0 Å². The third-order valence-corrected chi connectivity index (χ3v) is 4.27. The Morgan fingerprint density at radius 2 is 1.76 bits per heavy atom. The lowest BCUT2D eigenvalue weighted by molar-refractivity contribution is 0.0600. The maximum absolute atomic E-state index is 12.7. The summed E-state index contributed by atoms with van der Waals surface area (Å²) in [7, 11) is 3.07. The van der Waals surface area contributed by atoms with Gasteiger partial charge in [-0.05, 0) is 54.4 Å². The molecule has 8 heteroatoms. The molecular weight excluding hydrogens is 370 g/mol. The molecule has 0 bridgehead atoms. The molecule has 0 saturated carbocycles. The van der Waals surface area contributed by atoms with Crippen molar-refractivity contribution >= 4 is 23.5 Å². The molecule has 2 aromatic heterocycles.